The number of hydrogen-bond donors (Lipinski definition) is 0. The Balaban J connectivity index is 2.08. The van der Waals surface area contributed by atoms with E-state index < -0.39 is 22.6 Å². The van der Waals surface area contributed by atoms with Crippen LogP contribution in [-0.2, 0) is 14.4 Å². The van der Waals surface area contributed by atoms with Crippen LogP contribution in [0.3, 0.4) is 0 Å². The molecule has 1 aliphatic rings. The molecule has 11 nitrogen and oxygen atoms in total. The molecular formula is C17H18N2O9. The molecule has 28 heavy (non-hydrogen) atoms. The SMILES string of the molecule is CC1=C(CC[C@@H](OCC(C)O[N+](=O)[O-])O[N+](=O)[O-])C(=O)c2ccccc2C1=O. The van der Waals surface area contributed by atoms with Gasteiger partial charge in [-0.05, 0) is 20.3 Å². The normalized spacial score (nSPS) is 15.6. The zero-order valence-electron chi connectivity index (χ0n) is 15.2. The van der Waals surface area contributed by atoms with Gasteiger partial charge in [0, 0.05) is 28.7 Å². The highest BCUT2D eigenvalue weighted by atomic mass is 17.0. The van der Waals surface area contributed by atoms with Crippen molar-refractivity contribution in [3.8, 4) is 0 Å². The van der Waals surface area contributed by atoms with Crippen LogP contribution in [0.15, 0.2) is 35.4 Å². The Bertz CT molecular complexity index is 834. The first-order chi connectivity index (χ1) is 13.2. The second-order valence-electron chi connectivity index (χ2n) is 6.08. The minimum atomic E-state index is -1.38. The van der Waals surface area contributed by atoms with Gasteiger partial charge >= 0.3 is 0 Å². The second-order valence-corrected chi connectivity index (χ2v) is 6.08. The van der Waals surface area contributed by atoms with Crippen LogP contribution < -0.4 is 0 Å². The van der Waals surface area contributed by atoms with Crippen LogP contribution in [0.4, 0.5) is 0 Å². The summed E-state index contributed by atoms with van der Waals surface area (Å²) in [7, 11) is 0. The Morgan fingerprint density at radius 1 is 1.00 bits per heavy atom. The third-order valence-corrected chi connectivity index (χ3v) is 4.10. The number of rotatable bonds is 10. The molecule has 11 heteroatoms. The van der Waals surface area contributed by atoms with Gasteiger partial charge in [0.15, 0.2) is 11.6 Å². The first kappa shape index (κ1) is 21.0. The van der Waals surface area contributed by atoms with Crippen molar-refractivity contribution < 1.29 is 34.2 Å². The van der Waals surface area contributed by atoms with Crippen LogP contribution in [0.2, 0.25) is 0 Å². The van der Waals surface area contributed by atoms with Gasteiger partial charge in [-0.15, -0.1) is 20.2 Å². The number of carbonyl (C=O) groups excluding carboxylic acids is 2. The van der Waals surface area contributed by atoms with E-state index in [1.165, 1.54) is 13.8 Å². The zero-order chi connectivity index (χ0) is 20.8. The third kappa shape index (κ3) is 5.10. The molecule has 1 aromatic carbocycles. The van der Waals surface area contributed by atoms with Crippen molar-refractivity contribution in [2.75, 3.05) is 6.61 Å². The lowest BCUT2D eigenvalue weighted by molar-refractivity contribution is -0.783. The lowest BCUT2D eigenvalue weighted by Crippen LogP contribution is -2.28. The topological polar surface area (TPSA) is 148 Å². The predicted octanol–water partition coefficient (Wildman–Crippen LogP) is 2.31. The summed E-state index contributed by atoms with van der Waals surface area (Å²) in [5.74, 6) is -0.622. The van der Waals surface area contributed by atoms with Crippen LogP contribution in [-0.4, -0.2) is 40.7 Å². The van der Waals surface area contributed by atoms with Crippen LogP contribution >= 0.6 is 0 Å². The lowest BCUT2D eigenvalue weighted by atomic mass is 9.83. The van der Waals surface area contributed by atoms with Crippen molar-refractivity contribution >= 4 is 11.6 Å². The van der Waals surface area contributed by atoms with E-state index in [2.05, 4.69) is 9.68 Å². The van der Waals surface area contributed by atoms with E-state index in [0.29, 0.717) is 5.56 Å². The van der Waals surface area contributed by atoms with E-state index in [1.54, 1.807) is 24.3 Å². The van der Waals surface area contributed by atoms with Gasteiger partial charge in [-0.2, -0.15) is 0 Å². The molecule has 0 aliphatic heterocycles. The summed E-state index contributed by atoms with van der Waals surface area (Å²) in [6, 6.07) is 6.40. The number of nitrogens with zero attached hydrogens (tertiary/aromatic N) is 2. The molecule has 1 aliphatic carbocycles. The average Bonchev–Trinajstić information content (AvgIpc) is 2.63. The van der Waals surface area contributed by atoms with Crippen molar-refractivity contribution in [3.05, 3.63) is 66.8 Å². The molecule has 0 amide bonds. The highest BCUT2D eigenvalue weighted by Gasteiger charge is 2.30. The Morgan fingerprint density at radius 3 is 2.14 bits per heavy atom. The highest BCUT2D eigenvalue weighted by Crippen LogP contribution is 2.29. The van der Waals surface area contributed by atoms with Gasteiger partial charge in [0.05, 0.1) is 6.61 Å². The van der Waals surface area contributed by atoms with Crippen molar-refractivity contribution in [2.45, 2.75) is 39.1 Å². The number of Topliss-reactive ketones (excluding diaryl/α,β-unsaturated/α-hetero) is 2. The Hall–Kier alpha value is -3.34. The number of hydrogen-bond acceptors (Lipinski definition) is 9. The summed E-state index contributed by atoms with van der Waals surface area (Å²) in [6.07, 6.45) is -2.47. The van der Waals surface area contributed by atoms with Crippen molar-refractivity contribution in [1.29, 1.82) is 0 Å². The Morgan fingerprint density at radius 2 is 1.57 bits per heavy atom. The highest BCUT2D eigenvalue weighted by molar-refractivity contribution is 6.26. The molecule has 150 valence electrons. The van der Waals surface area contributed by atoms with Crippen LogP contribution in [0.5, 0.6) is 0 Å². The number of benzene rings is 1. The molecule has 1 aromatic rings. The van der Waals surface area contributed by atoms with Gasteiger partial charge in [-0.25, -0.2) is 0 Å². The molecule has 1 unspecified atom stereocenters. The maximum atomic E-state index is 12.7. The van der Waals surface area contributed by atoms with Gasteiger partial charge in [0.25, 0.3) is 10.2 Å². The molecule has 0 aromatic heterocycles. The molecule has 0 saturated carbocycles. The third-order valence-electron chi connectivity index (χ3n) is 4.10. The minimum absolute atomic E-state index is 0.00623. The van der Waals surface area contributed by atoms with E-state index in [4.69, 9.17) is 4.74 Å². The van der Waals surface area contributed by atoms with Gasteiger partial charge in [-0.1, -0.05) is 24.3 Å². The molecule has 0 saturated heterocycles. The van der Waals surface area contributed by atoms with Gasteiger partial charge in [0.2, 0.25) is 6.29 Å². The molecule has 0 heterocycles. The molecular weight excluding hydrogens is 376 g/mol. The summed E-state index contributed by atoms with van der Waals surface area (Å²) >= 11 is 0. The smallest absolute Gasteiger partial charge is 0.297 e. The second kappa shape index (κ2) is 9.04. The molecule has 0 radical (unpaired) electrons. The van der Waals surface area contributed by atoms with E-state index in [0.717, 1.165) is 0 Å². The maximum Gasteiger partial charge on any atom is 0.297 e. The number of ether oxygens (including phenoxy) is 1. The summed E-state index contributed by atoms with van der Waals surface area (Å²) < 4.78 is 5.16. The first-order valence-electron chi connectivity index (χ1n) is 8.32. The maximum absolute atomic E-state index is 12.7. The van der Waals surface area contributed by atoms with Gasteiger partial charge < -0.3 is 9.57 Å². The number of fused-ring (bicyclic) bond motifs is 1. The van der Waals surface area contributed by atoms with E-state index in [9.17, 15) is 29.8 Å². The molecule has 0 spiro atoms. The standard InChI is InChI=1S/C17H18N2O9/c1-10(27-18(22)23)9-26-15(28-19(24)25)8-7-12-11(2)16(20)13-5-3-4-6-14(13)17(12)21/h3-6,10,15H,7-9H2,1-2H3/t10?,15-/m0/s1. The molecule has 0 N–H and O–H groups in total. The summed E-state index contributed by atoms with van der Waals surface area (Å²) in [5.41, 5.74) is 1.06. The fourth-order valence-corrected chi connectivity index (χ4v) is 2.80. The minimum Gasteiger partial charge on any atom is -0.350 e. The monoisotopic (exact) mass is 394 g/mol. The largest absolute Gasteiger partial charge is 0.350 e. The number of carbonyl (C=O) groups is 2. The zero-order valence-corrected chi connectivity index (χ0v) is 15.2. The average molecular weight is 394 g/mol. The van der Waals surface area contributed by atoms with Crippen molar-refractivity contribution in [3.63, 3.8) is 0 Å². The molecule has 2 atom stereocenters. The Kier molecular flexibility index (Phi) is 6.77. The fourth-order valence-electron chi connectivity index (χ4n) is 2.80. The molecule has 0 fully saturated rings. The van der Waals surface area contributed by atoms with Gasteiger partial charge in [0.1, 0.15) is 6.10 Å². The van der Waals surface area contributed by atoms with Crippen LogP contribution in [0.25, 0.3) is 0 Å². The van der Waals surface area contributed by atoms with Crippen LogP contribution in [0.1, 0.15) is 47.4 Å². The summed E-state index contributed by atoms with van der Waals surface area (Å²) in [6.45, 7) is 2.52. The van der Waals surface area contributed by atoms with E-state index in [1.807, 2.05) is 0 Å². The van der Waals surface area contributed by atoms with E-state index in [-0.39, 0.29) is 47.7 Å². The van der Waals surface area contributed by atoms with Crippen molar-refractivity contribution in [2.24, 2.45) is 0 Å². The fraction of sp³-hybridized carbons (Fsp3) is 0.412. The molecule has 2 rings (SSSR count). The quantitative estimate of drug-likeness (QED) is 0.331. The first-order valence-corrected chi connectivity index (χ1v) is 8.32. The summed E-state index contributed by atoms with van der Waals surface area (Å²) in [4.78, 5) is 54.7. The van der Waals surface area contributed by atoms with Crippen molar-refractivity contribution in [1.82, 2.24) is 0 Å². The predicted molar refractivity (Wildman–Crippen MR) is 92.4 cm³/mol. The summed E-state index contributed by atoms with van der Waals surface area (Å²) in [5, 5.41) is 18.9. The Labute approximate surface area is 159 Å². The lowest BCUT2D eigenvalue weighted by Gasteiger charge is -2.21. The molecule has 0 bridgehead atoms. The van der Waals surface area contributed by atoms with E-state index >= 15 is 0 Å². The number of allylic oxidation sites excluding steroid dienone is 2. The van der Waals surface area contributed by atoms with Crippen LogP contribution in [0, 0.1) is 20.2 Å². The number of ketones is 2. The van der Waals surface area contributed by atoms with Gasteiger partial charge in [-0.3, -0.25) is 14.4 Å².